The Morgan fingerprint density at radius 3 is 2.42 bits per heavy atom. The number of methoxy groups -OCH3 is 1. The van der Waals surface area contributed by atoms with Crippen LogP contribution in [-0.2, 0) is 12.0 Å². The number of nitrogens with one attached hydrogen (secondary N) is 1. The van der Waals surface area contributed by atoms with Crippen molar-refractivity contribution < 1.29 is 14.3 Å². The lowest BCUT2D eigenvalue weighted by Crippen LogP contribution is -2.14. The highest BCUT2D eigenvalue weighted by Crippen LogP contribution is 2.32. The predicted molar refractivity (Wildman–Crippen MR) is 127 cm³/mol. The average molecular weight is 458 g/mol. The maximum Gasteiger partial charge on any atom is 0.255 e. The lowest BCUT2D eigenvalue weighted by molar-refractivity contribution is 0.102. The molecule has 4 nitrogen and oxygen atoms in total. The molecular weight excluding hydrogens is 433 g/mol. The number of hydrogen-bond acceptors (Lipinski definition) is 3. The molecule has 0 aliphatic carbocycles. The van der Waals surface area contributed by atoms with Crippen molar-refractivity contribution in [3.8, 4) is 11.5 Å². The molecule has 0 aliphatic heterocycles. The van der Waals surface area contributed by atoms with Gasteiger partial charge in [0, 0.05) is 16.1 Å². The summed E-state index contributed by atoms with van der Waals surface area (Å²) >= 11 is 12.2. The van der Waals surface area contributed by atoms with Crippen molar-refractivity contribution in [1.82, 2.24) is 0 Å². The molecule has 0 aromatic heterocycles. The van der Waals surface area contributed by atoms with E-state index in [1.165, 1.54) is 0 Å². The standard InChI is InChI=1S/C25H25Cl2NO3/c1-25(2,3)19-7-5-6-8-23(19)31-15-17-13-16(9-12-22(17)30-4)24(29)28-21-14-18(26)10-11-20(21)27/h5-14H,15H2,1-4H3,(H,28,29). The number of halogens is 2. The van der Waals surface area contributed by atoms with E-state index >= 15 is 0 Å². The number of carbonyl (C=O) groups excluding carboxylic acids is 1. The molecule has 3 aromatic rings. The Kier molecular flexibility index (Phi) is 7.14. The first kappa shape index (κ1) is 23.0. The normalized spacial score (nSPS) is 11.2. The van der Waals surface area contributed by atoms with E-state index in [2.05, 4.69) is 32.2 Å². The number of rotatable bonds is 6. The van der Waals surface area contributed by atoms with Crippen molar-refractivity contribution in [3.05, 3.63) is 87.4 Å². The molecule has 0 bridgehead atoms. The molecule has 31 heavy (non-hydrogen) atoms. The first-order valence-corrected chi connectivity index (χ1v) is 10.6. The van der Waals surface area contributed by atoms with E-state index in [1.807, 2.05) is 18.2 Å². The second-order valence-corrected chi connectivity index (χ2v) is 8.98. The van der Waals surface area contributed by atoms with Gasteiger partial charge < -0.3 is 14.8 Å². The molecule has 0 radical (unpaired) electrons. The Morgan fingerprint density at radius 2 is 1.71 bits per heavy atom. The molecule has 0 saturated carbocycles. The minimum Gasteiger partial charge on any atom is -0.496 e. The molecule has 0 atom stereocenters. The van der Waals surface area contributed by atoms with Crippen LogP contribution in [0.15, 0.2) is 60.7 Å². The van der Waals surface area contributed by atoms with Crippen molar-refractivity contribution in [2.45, 2.75) is 32.8 Å². The highest BCUT2D eigenvalue weighted by molar-refractivity contribution is 6.35. The summed E-state index contributed by atoms with van der Waals surface area (Å²) in [5, 5.41) is 3.70. The third-order valence-electron chi connectivity index (χ3n) is 4.80. The van der Waals surface area contributed by atoms with Crippen LogP contribution in [-0.4, -0.2) is 13.0 Å². The largest absolute Gasteiger partial charge is 0.496 e. The summed E-state index contributed by atoms with van der Waals surface area (Å²) in [6.07, 6.45) is 0. The van der Waals surface area contributed by atoms with Crippen LogP contribution in [0.1, 0.15) is 42.3 Å². The summed E-state index contributed by atoms with van der Waals surface area (Å²) in [5.41, 5.74) is 2.72. The van der Waals surface area contributed by atoms with Crippen molar-refractivity contribution in [2.75, 3.05) is 12.4 Å². The van der Waals surface area contributed by atoms with E-state index in [0.29, 0.717) is 27.0 Å². The Bertz CT molecular complexity index is 1090. The number of carbonyl (C=O) groups is 1. The molecule has 3 rings (SSSR count). The van der Waals surface area contributed by atoms with E-state index in [0.717, 1.165) is 16.9 Å². The van der Waals surface area contributed by atoms with Crippen LogP contribution in [0.2, 0.25) is 10.0 Å². The fourth-order valence-corrected chi connectivity index (χ4v) is 3.52. The van der Waals surface area contributed by atoms with E-state index in [-0.39, 0.29) is 17.9 Å². The topological polar surface area (TPSA) is 47.6 Å². The number of para-hydroxylation sites is 1. The highest BCUT2D eigenvalue weighted by atomic mass is 35.5. The molecular formula is C25H25Cl2NO3. The summed E-state index contributed by atoms with van der Waals surface area (Å²) in [4.78, 5) is 12.8. The first-order chi connectivity index (χ1) is 14.7. The molecule has 1 N–H and O–H groups in total. The summed E-state index contributed by atoms with van der Waals surface area (Å²) in [6, 6.07) is 18.1. The molecule has 162 valence electrons. The van der Waals surface area contributed by atoms with E-state index in [9.17, 15) is 4.79 Å². The van der Waals surface area contributed by atoms with Crippen molar-refractivity contribution in [3.63, 3.8) is 0 Å². The highest BCUT2D eigenvalue weighted by Gasteiger charge is 2.19. The van der Waals surface area contributed by atoms with Crippen LogP contribution in [0, 0.1) is 0 Å². The summed E-state index contributed by atoms with van der Waals surface area (Å²) in [7, 11) is 1.59. The Labute approximate surface area is 193 Å². The molecule has 0 fully saturated rings. The van der Waals surface area contributed by atoms with E-state index in [4.69, 9.17) is 32.7 Å². The molecule has 1 amide bonds. The third kappa shape index (κ3) is 5.72. The number of benzene rings is 3. The van der Waals surface area contributed by atoms with Gasteiger partial charge >= 0.3 is 0 Å². The van der Waals surface area contributed by atoms with Crippen molar-refractivity contribution in [2.24, 2.45) is 0 Å². The van der Waals surface area contributed by atoms with Crippen LogP contribution >= 0.6 is 23.2 Å². The van der Waals surface area contributed by atoms with Gasteiger partial charge in [-0.2, -0.15) is 0 Å². The number of amides is 1. The smallest absolute Gasteiger partial charge is 0.255 e. The molecule has 0 spiro atoms. The van der Waals surface area contributed by atoms with Crippen molar-refractivity contribution >= 4 is 34.8 Å². The fourth-order valence-electron chi connectivity index (χ4n) is 3.19. The minimum atomic E-state index is -0.303. The fraction of sp³-hybridized carbons (Fsp3) is 0.240. The summed E-state index contributed by atoms with van der Waals surface area (Å²) in [5.74, 6) is 1.14. The predicted octanol–water partition coefficient (Wildman–Crippen LogP) is 7.13. The van der Waals surface area contributed by atoms with Gasteiger partial charge in [0.25, 0.3) is 5.91 Å². The minimum absolute atomic E-state index is 0.0569. The third-order valence-corrected chi connectivity index (χ3v) is 5.36. The number of hydrogen-bond donors (Lipinski definition) is 1. The van der Waals surface area contributed by atoms with E-state index in [1.54, 1.807) is 43.5 Å². The van der Waals surface area contributed by atoms with Crippen molar-refractivity contribution in [1.29, 1.82) is 0 Å². The van der Waals surface area contributed by atoms with Crippen LogP contribution in [0.25, 0.3) is 0 Å². The number of ether oxygens (including phenoxy) is 2. The van der Waals surface area contributed by atoms with Crippen LogP contribution in [0.4, 0.5) is 5.69 Å². The maximum absolute atomic E-state index is 12.8. The van der Waals surface area contributed by atoms with Gasteiger partial charge in [-0.05, 0) is 53.4 Å². The van der Waals surface area contributed by atoms with Gasteiger partial charge in [0.05, 0.1) is 17.8 Å². The molecule has 0 unspecified atom stereocenters. The van der Waals surface area contributed by atoms with Gasteiger partial charge in [-0.15, -0.1) is 0 Å². The Balaban J connectivity index is 1.83. The zero-order valence-electron chi connectivity index (χ0n) is 18.0. The molecule has 6 heteroatoms. The first-order valence-electron chi connectivity index (χ1n) is 9.84. The van der Waals surface area contributed by atoms with Crippen LogP contribution in [0.5, 0.6) is 11.5 Å². The zero-order chi connectivity index (χ0) is 22.6. The summed E-state index contributed by atoms with van der Waals surface area (Å²) < 4.78 is 11.6. The molecule has 0 aliphatic rings. The van der Waals surface area contributed by atoms with Gasteiger partial charge in [-0.3, -0.25) is 4.79 Å². The van der Waals surface area contributed by atoms with Gasteiger partial charge in [0.1, 0.15) is 18.1 Å². The Morgan fingerprint density at radius 1 is 0.968 bits per heavy atom. The monoisotopic (exact) mass is 457 g/mol. The maximum atomic E-state index is 12.8. The zero-order valence-corrected chi connectivity index (χ0v) is 19.5. The molecule has 0 heterocycles. The average Bonchev–Trinajstić information content (AvgIpc) is 2.74. The SMILES string of the molecule is COc1ccc(C(=O)Nc2cc(Cl)ccc2Cl)cc1COc1ccccc1C(C)(C)C. The van der Waals surface area contributed by atoms with Crippen LogP contribution in [0.3, 0.4) is 0 Å². The van der Waals surface area contributed by atoms with Gasteiger partial charge in [0.2, 0.25) is 0 Å². The van der Waals surface area contributed by atoms with Gasteiger partial charge in [-0.25, -0.2) is 0 Å². The quantitative estimate of drug-likeness (QED) is 0.428. The Hall–Kier alpha value is -2.69. The van der Waals surface area contributed by atoms with Gasteiger partial charge in [0.15, 0.2) is 0 Å². The van der Waals surface area contributed by atoms with Crippen LogP contribution < -0.4 is 14.8 Å². The summed E-state index contributed by atoms with van der Waals surface area (Å²) in [6.45, 7) is 6.68. The second kappa shape index (κ2) is 9.63. The van der Waals surface area contributed by atoms with Gasteiger partial charge in [-0.1, -0.05) is 62.2 Å². The second-order valence-electron chi connectivity index (χ2n) is 8.14. The lowest BCUT2D eigenvalue weighted by atomic mass is 9.86. The van der Waals surface area contributed by atoms with E-state index < -0.39 is 0 Å². The number of anilines is 1. The molecule has 0 saturated heterocycles. The lowest BCUT2D eigenvalue weighted by Gasteiger charge is -2.23. The molecule has 3 aromatic carbocycles.